The van der Waals surface area contributed by atoms with Gasteiger partial charge < -0.3 is 9.47 Å². The number of carbonyl (C=O) groups excluding carboxylic acids is 2. The van der Waals surface area contributed by atoms with Gasteiger partial charge in [-0.05, 0) is 49.2 Å². The Hall–Kier alpha value is -2.14. The van der Waals surface area contributed by atoms with E-state index in [9.17, 15) is 9.59 Å². The molecule has 0 aromatic heterocycles. The van der Waals surface area contributed by atoms with Crippen molar-refractivity contribution in [3.8, 4) is 11.5 Å². The molecule has 0 spiro atoms. The first-order chi connectivity index (χ1) is 10.5. The molecule has 0 saturated carbocycles. The fourth-order valence-corrected chi connectivity index (χ4v) is 2.77. The Morgan fingerprint density at radius 3 is 2.45 bits per heavy atom. The molecule has 0 saturated heterocycles. The summed E-state index contributed by atoms with van der Waals surface area (Å²) < 4.78 is 11.7. The zero-order valence-electron chi connectivity index (χ0n) is 12.3. The summed E-state index contributed by atoms with van der Waals surface area (Å²) in [6.07, 6.45) is 0.645. The maximum Gasteiger partial charge on any atom is 0.349 e. The van der Waals surface area contributed by atoms with E-state index in [1.54, 1.807) is 24.3 Å². The number of hydrogen-bond acceptors (Lipinski definition) is 4. The Bertz CT molecular complexity index is 687. The van der Waals surface area contributed by atoms with Gasteiger partial charge >= 0.3 is 5.97 Å². The molecule has 0 bridgehead atoms. The van der Waals surface area contributed by atoms with Gasteiger partial charge in [0, 0.05) is 4.47 Å². The van der Waals surface area contributed by atoms with Crippen molar-refractivity contribution in [2.75, 3.05) is 6.61 Å². The molecule has 0 atom stereocenters. The van der Waals surface area contributed by atoms with Crippen LogP contribution in [0.25, 0.3) is 0 Å². The number of para-hydroxylation sites is 1. The number of halogens is 1. The Kier molecular flexibility index (Phi) is 5.33. The van der Waals surface area contributed by atoms with Crippen molar-refractivity contribution in [2.24, 2.45) is 0 Å². The summed E-state index contributed by atoms with van der Waals surface area (Å²) in [5.74, 6) is 0.329. The lowest BCUT2D eigenvalue weighted by molar-refractivity contribution is -0.136. The predicted molar refractivity (Wildman–Crippen MR) is 86.6 cm³/mol. The number of aryl methyl sites for hydroxylation is 2. The van der Waals surface area contributed by atoms with E-state index >= 15 is 0 Å². The predicted octanol–water partition coefficient (Wildman–Crippen LogP) is 3.86. The van der Waals surface area contributed by atoms with Crippen molar-refractivity contribution in [2.45, 2.75) is 13.8 Å². The summed E-state index contributed by atoms with van der Waals surface area (Å²) in [7, 11) is 0. The molecule has 0 aliphatic heterocycles. The number of esters is 1. The standard InChI is InChI=1S/C17H15BrO4/c1-11-7-14(18)8-12(2)17(11)21-10-16(20)22-15-6-4-3-5-13(15)9-19/h3-9H,10H2,1-2H3. The summed E-state index contributed by atoms with van der Waals surface area (Å²) in [5, 5.41) is 0. The first kappa shape index (κ1) is 16.2. The summed E-state index contributed by atoms with van der Waals surface area (Å²) in [6.45, 7) is 3.58. The molecule has 0 heterocycles. The quantitative estimate of drug-likeness (QED) is 0.460. The van der Waals surface area contributed by atoms with E-state index in [0.29, 0.717) is 17.6 Å². The molecule has 0 radical (unpaired) electrons. The van der Waals surface area contributed by atoms with Crippen LogP contribution in [-0.2, 0) is 4.79 Å². The minimum atomic E-state index is -0.559. The van der Waals surface area contributed by atoms with E-state index in [1.807, 2.05) is 26.0 Å². The van der Waals surface area contributed by atoms with Gasteiger partial charge in [-0.25, -0.2) is 4.79 Å². The highest BCUT2D eigenvalue weighted by Gasteiger charge is 2.12. The number of carbonyl (C=O) groups is 2. The molecule has 0 amide bonds. The van der Waals surface area contributed by atoms with Crippen molar-refractivity contribution in [3.63, 3.8) is 0 Å². The summed E-state index contributed by atoms with van der Waals surface area (Å²) >= 11 is 3.41. The molecule has 2 aromatic carbocycles. The van der Waals surface area contributed by atoms with Crippen molar-refractivity contribution < 1.29 is 19.1 Å². The fraction of sp³-hybridized carbons (Fsp3) is 0.176. The molecule has 0 aliphatic rings. The summed E-state index contributed by atoms with van der Waals surface area (Å²) in [5.41, 5.74) is 2.17. The van der Waals surface area contributed by atoms with Crippen LogP contribution in [-0.4, -0.2) is 18.9 Å². The van der Waals surface area contributed by atoms with Crippen molar-refractivity contribution >= 4 is 28.2 Å². The molecule has 2 aromatic rings. The third-order valence-corrected chi connectivity index (χ3v) is 3.49. The molecular weight excluding hydrogens is 348 g/mol. The molecule has 2 rings (SSSR count). The maximum absolute atomic E-state index is 11.9. The average molecular weight is 363 g/mol. The largest absolute Gasteiger partial charge is 0.481 e. The van der Waals surface area contributed by atoms with E-state index in [4.69, 9.17) is 9.47 Å². The van der Waals surface area contributed by atoms with Crippen molar-refractivity contribution in [1.82, 2.24) is 0 Å². The van der Waals surface area contributed by atoms with Crippen LogP contribution in [0, 0.1) is 13.8 Å². The molecular formula is C17H15BrO4. The third kappa shape index (κ3) is 3.95. The molecule has 0 fully saturated rings. The summed E-state index contributed by atoms with van der Waals surface area (Å²) in [6, 6.07) is 10.4. The van der Waals surface area contributed by atoms with Crippen molar-refractivity contribution in [1.29, 1.82) is 0 Å². The Morgan fingerprint density at radius 1 is 1.18 bits per heavy atom. The lowest BCUT2D eigenvalue weighted by Crippen LogP contribution is -2.19. The van der Waals surface area contributed by atoms with Crippen LogP contribution in [0.2, 0.25) is 0 Å². The molecule has 0 aliphatic carbocycles. The Morgan fingerprint density at radius 2 is 1.82 bits per heavy atom. The number of hydrogen-bond donors (Lipinski definition) is 0. The highest BCUT2D eigenvalue weighted by molar-refractivity contribution is 9.10. The van der Waals surface area contributed by atoms with Crippen LogP contribution in [0.15, 0.2) is 40.9 Å². The molecule has 5 heteroatoms. The molecule has 0 unspecified atom stereocenters. The van der Waals surface area contributed by atoms with Gasteiger partial charge in [0.1, 0.15) is 11.5 Å². The minimum absolute atomic E-state index is 0.226. The second-order valence-corrected chi connectivity index (χ2v) is 5.70. The number of benzene rings is 2. The van der Waals surface area contributed by atoms with Gasteiger partial charge in [0.05, 0.1) is 5.56 Å². The van der Waals surface area contributed by atoms with Crippen LogP contribution in [0.4, 0.5) is 0 Å². The number of aldehydes is 1. The van der Waals surface area contributed by atoms with E-state index in [1.165, 1.54) is 0 Å². The van der Waals surface area contributed by atoms with Gasteiger partial charge in [-0.2, -0.15) is 0 Å². The fourth-order valence-electron chi connectivity index (χ4n) is 2.08. The van der Waals surface area contributed by atoms with Crippen molar-refractivity contribution in [3.05, 3.63) is 57.6 Å². The third-order valence-electron chi connectivity index (χ3n) is 3.03. The van der Waals surface area contributed by atoms with Crippen LogP contribution in [0.3, 0.4) is 0 Å². The molecule has 22 heavy (non-hydrogen) atoms. The monoisotopic (exact) mass is 362 g/mol. The topological polar surface area (TPSA) is 52.6 Å². The van der Waals surface area contributed by atoms with Crippen LogP contribution in [0.1, 0.15) is 21.5 Å². The molecule has 4 nitrogen and oxygen atoms in total. The zero-order chi connectivity index (χ0) is 16.1. The van der Waals surface area contributed by atoms with Gasteiger partial charge in [0.25, 0.3) is 0 Å². The van der Waals surface area contributed by atoms with Gasteiger partial charge in [-0.3, -0.25) is 4.79 Å². The highest BCUT2D eigenvalue weighted by Crippen LogP contribution is 2.27. The summed E-state index contributed by atoms with van der Waals surface area (Å²) in [4.78, 5) is 22.8. The maximum atomic E-state index is 11.9. The Labute approximate surface area is 137 Å². The van der Waals surface area contributed by atoms with Gasteiger partial charge in [0.2, 0.25) is 0 Å². The number of ether oxygens (including phenoxy) is 2. The zero-order valence-corrected chi connectivity index (χ0v) is 13.8. The second kappa shape index (κ2) is 7.22. The first-order valence-electron chi connectivity index (χ1n) is 6.65. The van der Waals surface area contributed by atoms with Crippen LogP contribution < -0.4 is 9.47 Å². The second-order valence-electron chi connectivity index (χ2n) is 4.79. The van der Waals surface area contributed by atoms with Gasteiger partial charge in [0.15, 0.2) is 12.9 Å². The SMILES string of the molecule is Cc1cc(Br)cc(C)c1OCC(=O)Oc1ccccc1C=O. The molecule has 114 valence electrons. The first-order valence-corrected chi connectivity index (χ1v) is 7.45. The molecule has 0 N–H and O–H groups in total. The van der Waals surface area contributed by atoms with E-state index in [0.717, 1.165) is 15.6 Å². The van der Waals surface area contributed by atoms with Crippen LogP contribution >= 0.6 is 15.9 Å². The normalized spacial score (nSPS) is 10.1. The minimum Gasteiger partial charge on any atom is -0.481 e. The van der Waals surface area contributed by atoms with E-state index < -0.39 is 5.97 Å². The van der Waals surface area contributed by atoms with E-state index in [2.05, 4.69) is 15.9 Å². The smallest absolute Gasteiger partial charge is 0.349 e. The van der Waals surface area contributed by atoms with Gasteiger partial charge in [-0.15, -0.1) is 0 Å². The highest BCUT2D eigenvalue weighted by atomic mass is 79.9. The average Bonchev–Trinajstić information content (AvgIpc) is 2.46. The lowest BCUT2D eigenvalue weighted by Gasteiger charge is -2.12. The number of rotatable bonds is 5. The van der Waals surface area contributed by atoms with Crippen LogP contribution in [0.5, 0.6) is 11.5 Å². The van der Waals surface area contributed by atoms with Gasteiger partial charge in [-0.1, -0.05) is 28.1 Å². The van der Waals surface area contributed by atoms with E-state index in [-0.39, 0.29) is 12.4 Å². The lowest BCUT2D eigenvalue weighted by atomic mass is 10.1. The Balaban J connectivity index is 2.03.